The largest absolute Gasteiger partial charge is 0.465 e. The van der Waals surface area contributed by atoms with Crippen molar-refractivity contribution in [3.05, 3.63) is 53.9 Å². The van der Waals surface area contributed by atoms with Crippen molar-refractivity contribution in [2.24, 2.45) is 0 Å². The number of rotatable bonds is 7. The second-order valence-electron chi connectivity index (χ2n) is 5.23. The van der Waals surface area contributed by atoms with Crippen molar-refractivity contribution in [2.75, 3.05) is 19.0 Å². The van der Waals surface area contributed by atoms with E-state index in [9.17, 15) is 9.59 Å². The highest BCUT2D eigenvalue weighted by molar-refractivity contribution is 5.97. The number of aromatic nitrogens is 1. The number of pyridine rings is 1. The van der Waals surface area contributed by atoms with E-state index in [-0.39, 0.29) is 5.91 Å². The molecule has 1 amide bonds. The minimum absolute atomic E-state index is 0.166. The van der Waals surface area contributed by atoms with Crippen LogP contribution in [0.25, 0.3) is 0 Å². The van der Waals surface area contributed by atoms with Gasteiger partial charge in [0.2, 0.25) is 0 Å². The summed E-state index contributed by atoms with van der Waals surface area (Å²) < 4.78 is 4.77. The van der Waals surface area contributed by atoms with Gasteiger partial charge in [0.1, 0.15) is 0 Å². The van der Waals surface area contributed by atoms with Crippen LogP contribution in [0.4, 0.5) is 11.4 Å². The first-order valence-electron chi connectivity index (χ1n) is 7.83. The number of carbonyl (C=O) groups excluding carboxylic acids is 2. The van der Waals surface area contributed by atoms with Gasteiger partial charge in [-0.15, -0.1) is 0 Å². The molecule has 2 aromatic rings. The molecule has 6 nitrogen and oxygen atoms in total. The summed E-state index contributed by atoms with van der Waals surface area (Å²) in [6, 6.07) is 8.70. The van der Waals surface area contributed by atoms with Gasteiger partial charge in [-0.3, -0.25) is 9.78 Å². The molecule has 0 saturated heterocycles. The van der Waals surface area contributed by atoms with Crippen LogP contribution in [-0.2, 0) is 4.74 Å². The lowest BCUT2D eigenvalue weighted by Gasteiger charge is -2.11. The molecule has 0 spiro atoms. The number of methoxy groups -OCH3 is 1. The van der Waals surface area contributed by atoms with Crippen LogP contribution in [0.3, 0.4) is 0 Å². The molecule has 1 heterocycles. The Balaban J connectivity index is 2.15. The van der Waals surface area contributed by atoms with E-state index in [0.717, 1.165) is 12.8 Å². The standard InChI is InChI=1S/C18H21N3O3/c1-3-4-9-20-17(22)13-10-14(12-19-11-13)21-16-8-6-5-7-15(16)18(23)24-2/h5-8,10-12,21H,3-4,9H2,1-2H3,(H,20,22). The van der Waals surface area contributed by atoms with Gasteiger partial charge < -0.3 is 15.4 Å². The zero-order chi connectivity index (χ0) is 17.4. The van der Waals surface area contributed by atoms with Crippen molar-refractivity contribution in [2.45, 2.75) is 19.8 Å². The summed E-state index contributed by atoms with van der Waals surface area (Å²) in [6.07, 6.45) is 5.06. The van der Waals surface area contributed by atoms with Gasteiger partial charge in [0, 0.05) is 12.7 Å². The van der Waals surface area contributed by atoms with Crippen LogP contribution in [0.1, 0.15) is 40.5 Å². The first-order chi connectivity index (χ1) is 11.7. The number of nitrogens with one attached hydrogen (secondary N) is 2. The summed E-state index contributed by atoms with van der Waals surface area (Å²) in [5, 5.41) is 5.96. The summed E-state index contributed by atoms with van der Waals surface area (Å²) in [4.78, 5) is 28.0. The molecule has 2 rings (SSSR count). The number of hydrogen-bond acceptors (Lipinski definition) is 5. The molecule has 0 atom stereocenters. The quantitative estimate of drug-likeness (QED) is 0.603. The van der Waals surface area contributed by atoms with Crippen molar-refractivity contribution in [1.29, 1.82) is 0 Å². The molecule has 0 aliphatic carbocycles. The second-order valence-corrected chi connectivity index (χ2v) is 5.23. The van der Waals surface area contributed by atoms with Crippen LogP contribution >= 0.6 is 0 Å². The molecule has 2 N–H and O–H groups in total. The summed E-state index contributed by atoms with van der Waals surface area (Å²) >= 11 is 0. The van der Waals surface area contributed by atoms with Crippen LogP contribution in [-0.4, -0.2) is 30.5 Å². The third-order valence-electron chi connectivity index (χ3n) is 3.43. The average molecular weight is 327 g/mol. The lowest BCUT2D eigenvalue weighted by molar-refractivity contribution is 0.0601. The zero-order valence-electron chi connectivity index (χ0n) is 13.8. The number of para-hydroxylation sites is 1. The third-order valence-corrected chi connectivity index (χ3v) is 3.43. The second kappa shape index (κ2) is 8.67. The average Bonchev–Trinajstić information content (AvgIpc) is 2.62. The van der Waals surface area contributed by atoms with E-state index in [4.69, 9.17) is 4.74 Å². The highest BCUT2D eigenvalue weighted by Gasteiger charge is 2.12. The lowest BCUT2D eigenvalue weighted by atomic mass is 10.1. The molecule has 0 aliphatic rings. The Labute approximate surface area is 141 Å². The first-order valence-corrected chi connectivity index (χ1v) is 7.83. The third kappa shape index (κ3) is 4.55. The number of unbranched alkanes of at least 4 members (excludes halogenated alkanes) is 1. The maximum atomic E-state index is 12.1. The Morgan fingerprint density at radius 1 is 1.21 bits per heavy atom. The fourth-order valence-corrected chi connectivity index (χ4v) is 2.15. The molecule has 0 unspecified atom stereocenters. The van der Waals surface area contributed by atoms with Crippen LogP contribution in [0, 0.1) is 0 Å². The molecule has 1 aromatic carbocycles. The maximum absolute atomic E-state index is 12.1. The van der Waals surface area contributed by atoms with E-state index in [1.165, 1.54) is 13.3 Å². The molecule has 0 fully saturated rings. The van der Waals surface area contributed by atoms with Gasteiger partial charge in [0.15, 0.2) is 0 Å². The van der Waals surface area contributed by atoms with E-state index in [0.29, 0.717) is 29.0 Å². The Morgan fingerprint density at radius 2 is 2.00 bits per heavy atom. The van der Waals surface area contributed by atoms with Crippen LogP contribution in [0.15, 0.2) is 42.7 Å². The highest BCUT2D eigenvalue weighted by atomic mass is 16.5. The van der Waals surface area contributed by atoms with Gasteiger partial charge in [-0.25, -0.2) is 4.79 Å². The molecule has 0 radical (unpaired) electrons. The minimum atomic E-state index is -0.431. The van der Waals surface area contributed by atoms with E-state index >= 15 is 0 Å². The van der Waals surface area contributed by atoms with Crippen molar-refractivity contribution >= 4 is 23.3 Å². The Kier molecular flexibility index (Phi) is 6.31. The number of ether oxygens (including phenoxy) is 1. The van der Waals surface area contributed by atoms with Crippen LogP contribution in [0.5, 0.6) is 0 Å². The fraction of sp³-hybridized carbons (Fsp3) is 0.278. The van der Waals surface area contributed by atoms with Crippen LogP contribution < -0.4 is 10.6 Å². The van der Waals surface area contributed by atoms with E-state index in [1.807, 2.05) is 6.07 Å². The molecule has 24 heavy (non-hydrogen) atoms. The molecule has 0 saturated carbocycles. The van der Waals surface area contributed by atoms with Gasteiger partial charge in [-0.05, 0) is 24.6 Å². The van der Waals surface area contributed by atoms with Gasteiger partial charge >= 0.3 is 5.97 Å². The van der Waals surface area contributed by atoms with Gasteiger partial charge in [-0.1, -0.05) is 25.5 Å². The zero-order valence-corrected chi connectivity index (χ0v) is 13.8. The van der Waals surface area contributed by atoms with Gasteiger partial charge in [0.05, 0.1) is 35.8 Å². The summed E-state index contributed by atoms with van der Waals surface area (Å²) in [6.45, 7) is 2.70. The molecule has 0 aliphatic heterocycles. The predicted octanol–water partition coefficient (Wildman–Crippen LogP) is 3.14. The van der Waals surface area contributed by atoms with Gasteiger partial charge in [-0.2, -0.15) is 0 Å². The number of carbonyl (C=O) groups is 2. The number of hydrogen-bond donors (Lipinski definition) is 2. The van der Waals surface area contributed by atoms with E-state index in [1.54, 1.807) is 30.5 Å². The normalized spacial score (nSPS) is 10.1. The predicted molar refractivity (Wildman–Crippen MR) is 92.5 cm³/mol. The number of esters is 1. The van der Waals surface area contributed by atoms with Crippen molar-refractivity contribution in [3.63, 3.8) is 0 Å². The molecule has 6 heteroatoms. The molecule has 126 valence electrons. The Hall–Kier alpha value is -2.89. The summed E-state index contributed by atoms with van der Waals surface area (Å²) in [5.41, 5.74) is 2.09. The van der Waals surface area contributed by atoms with E-state index in [2.05, 4.69) is 22.5 Å². The molecular weight excluding hydrogens is 306 g/mol. The smallest absolute Gasteiger partial charge is 0.339 e. The number of amides is 1. The Bertz CT molecular complexity index is 716. The van der Waals surface area contributed by atoms with E-state index < -0.39 is 5.97 Å². The van der Waals surface area contributed by atoms with Crippen molar-refractivity contribution in [3.8, 4) is 0 Å². The summed E-state index contributed by atoms with van der Waals surface area (Å²) in [5.74, 6) is -0.597. The minimum Gasteiger partial charge on any atom is -0.465 e. The van der Waals surface area contributed by atoms with Crippen LogP contribution in [0.2, 0.25) is 0 Å². The van der Waals surface area contributed by atoms with Crippen molar-refractivity contribution < 1.29 is 14.3 Å². The number of anilines is 2. The maximum Gasteiger partial charge on any atom is 0.339 e. The SMILES string of the molecule is CCCCNC(=O)c1cncc(Nc2ccccc2C(=O)OC)c1. The topological polar surface area (TPSA) is 80.3 Å². The van der Waals surface area contributed by atoms with Crippen molar-refractivity contribution in [1.82, 2.24) is 10.3 Å². The lowest BCUT2D eigenvalue weighted by Crippen LogP contribution is -2.24. The number of nitrogens with zero attached hydrogens (tertiary/aromatic N) is 1. The fourth-order valence-electron chi connectivity index (χ4n) is 2.15. The molecule has 1 aromatic heterocycles. The monoisotopic (exact) mass is 327 g/mol. The number of benzene rings is 1. The first kappa shape index (κ1) is 17.5. The highest BCUT2D eigenvalue weighted by Crippen LogP contribution is 2.21. The summed E-state index contributed by atoms with van der Waals surface area (Å²) in [7, 11) is 1.34. The molecule has 0 bridgehead atoms. The van der Waals surface area contributed by atoms with Gasteiger partial charge in [0.25, 0.3) is 5.91 Å². The molecular formula is C18H21N3O3. The Morgan fingerprint density at radius 3 is 2.75 bits per heavy atom.